The summed E-state index contributed by atoms with van der Waals surface area (Å²) in [7, 11) is -1.02. The summed E-state index contributed by atoms with van der Waals surface area (Å²) in [4.78, 5) is 3.20. The van der Waals surface area contributed by atoms with Gasteiger partial charge in [0, 0.05) is 23.7 Å². The first-order chi connectivity index (χ1) is 9.10. The van der Waals surface area contributed by atoms with Gasteiger partial charge in [0.25, 0.3) is 0 Å². The van der Waals surface area contributed by atoms with E-state index < -0.39 is 10.8 Å². The third-order valence-electron chi connectivity index (χ3n) is 3.45. The van der Waals surface area contributed by atoms with E-state index in [1.807, 2.05) is 19.1 Å². The summed E-state index contributed by atoms with van der Waals surface area (Å²) >= 11 is 0. The van der Waals surface area contributed by atoms with E-state index in [9.17, 15) is 4.21 Å². The highest BCUT2D eigenvalue weighted by molar-refractivity contribution is 7.85. The standard InChI is InChI=1S/C14H22N2O2S/c1-3-16-6-7-18-13(9-16)10-19(17)14-5-4-12(15)8-11(14)2/h4-5,8,13H,3,6-7,9-10,15H2,1-2H3. The first kappa shape index (κ1) is 14.5. The van der Waals surface area contributed by atoms with Gasteiger partial charge in [-0.15, -0.1) is 0 Å². The molecule has 1 aliphatic heterocycles. The highest BCUT2D eigenvalue weighted by atomic mass is 32.2. The summed E-state index contributed by atoms with van der Waals surface area (Å²) < 4.78 is 18.1. The highest BCUT2D eigenvalue weighted by Crippen LogP contribution is 2.18. The number of benzene rings is 1. The molecule has 1 aromatic rings. The minimum absolute atomic E-state index is 0.0616. The van der Waals surface area contributed by atoms with Crippen LogP contribution in [0.3, 0.4) is 0 Å². The number of ether oxygens (including phenoxy) is 1. The van der Waals surface area contributed by atoms with Crippen LogP contribution in [0.15, 0.2) is 23.1 Å². The van der Waals surface area contributed by atoms with Crippen LogP contribution >= 0.6 is 0 Å². The smallest absolute Gasteiger partial charge is 0.0821 e. The van der Waals surface area contributed by atoms with Gasteiger partial charge in [-0.3, -0.25) is 9.11 Å². The van der Waals surface area contributed by atoms with Gasteiger partial charge in [-0.2, -0.15) is 0 Å². The average Bonchev–Trinajstić information content (AvgIpc) is 2.38. The molecule has 19 heavy (non-hydrogen) atoms. The molecule has 2 unspecified atom stereocenters. The maximum Gasteiger partial charge on any atom is 0.0821 e. The Kier molecular flexibility index (Phi) is 4.96. The molecule has 1 aliphatic rings. The number of rotatable bonds is 4. The summed E-state index contributed by atoms with van der Waals surface area (Å²) in [6.07, 6.45) is 0.0616. The molecule has 5 heteroatoms. The highest BCUT2D eigenvalue weighted by Gasteiger charge is 2.22. The van der Waals surface area contributed by atoms with E-state index in [4.69, 9.17) is 10.5 Å². The van der Waals surface area contributed by atoms with E-state index in [1.54, 1.807) is 6.07 Å². The Bertz CT molecular complexity index is 465. The van der Waals surface area contributed by atoms with Crippen LogP contribution in [0.2, 0.25) is 0 Å². The van der Waals surface area contributed by atoms with Gasteiger partial charge in [-0.25, -0.2) is 0 Å². The Morgan fingerprint density at radius 2 is 2.32 bits per heavy atom. The van der Waals surface area contributed by atoms with E-state index >= 15 is 0 Å². The lowest BCUT2D eigenvalue weighted by molar-refractivity contribution is -0.0141. The number of nitrogen functional groups attached to an aromatic ring is 1. The van der Waals surface area contributed by atoms with Gasteiger partial charge in [0.2, 0.25) is 0 Å². The topological polar surface area (TPSA) is 55.6 Å². The van der Waals surface area contributed by atoms with E-state index in [2.05, 4.69) is 11.8 Å². The second-order valence-electron chi connectivity index (χ2n) is 4.92. The summed E-state index contributed by atoms with van der Waals surface area (Å²) in [5.74, 6) is 0.557. The van der Waals surface area contributed by atoms with Crippen molar-refractivity contribution in [3.05, 3.63) is 23.8 Å². The van der Waals surface area contributed by atoms with Crippen molar-refractivity contribution in [1.29, 1.82) is 0 Å². The predicted molar refractivity (Wildman–Crippen MR) is 78.7 cm³/mol. The van der Waals surface area contributed by atoms with Crippen LogP contribution in [0.25, 0.3) is 0 Å². The number of nitrogens with zero attached hydrogens (tertiary/aromatic N) is 1. The molecule has 0 aliphatic carbocycles. The van der Waals surface area contributed by atoms with Gasteiger partial charge >= 0.3 is 0 Å². The lowest BCUT2D eigenvalue weighted by atomic mass is 10.2. The van der Waals surface area contributed by atoms with Crippen LogP contribution in [-0.4, -0.2) is 47.2 Å². The number of nitrogens with two attached hydrogens (primary N) is 1. The lowest BCUT2D eigenvalue weighted by Gasteiger charge is -2.31. The first-order valence-electron chi connectivity index (χ1n) is 6.68. The van der Waals surface area contributed by atoms with Crippen molar-refractivity contribution in [2.24, 2.45) is 0 Å². The van der Waals surface area contributed by atoms with Gasteiger partial charge in [-0.05, 0) is 37.2 Å². The second kappa shape index (κ2) is 6.50. The van der Waals surface area contributed by atoms with Gasteiger partial charge in [-0.1, -0.05) is 6.92 Å². The SMILES string of the molecule is CCN1CCOC(CS(=O)c2ccc(N)cc2C)C1. The van der Waals surface area contributed by atoms with Gasteiger partial charge < -0.3 is 10.5 Å². The molecule has 2 atom stereocenters. The minimum atomic E-state index is -1.02. The number of morpholine rings is 1. The fourth-order valence-corrected chi connectivity index (χ4v) is 3.71. The van der Waals surface area contributed by atoms with Crippen LogP contribution < -0.4 is 5.73 Å². The van der Waals surface area contributed by atoms with Crippen molar-refractivity contribution in [1.82, 2.24) is 4.90 Å². The fourth-order valence-electron chi connectivity index (χ4n) is 2.36. The predicted octanol–water partition coefficient (Wildman–Crippen LogP) is 1.41. The average molecular weight is 282 g/mol. The number of hydrogen-bond acceptors (Lipinski definition) is 4. The monoisotopic (exact) mass is 282 g/mol. The molecule has 0 aromatic heterocycles. The molecular weight excluding hydrogens is 260 g/mol. The molecule has 2 rings (SSSR count). The molecule has 1 aromatic carbocycles. The maximum absolute atomic E-state index is 12.4. The molecule has 4 nitrogen and oxygen atoms in total. The number of hydrogen-bond donors (Lipinski definition) is 1. The summed E-state index contributed by atoms with van der Waals surface area (Å²) in [6, 6.07) is 5.54. The van der Waals surface area contributed by atoms with E-state index in [1.165, 1.54) is 0 Å². The molecule has 2 N–H and O–H groups in total. The number of anilines is 1. The lowest BCUT2D eigenvalue weighted by Crippen LogP contribution is -2.44. The zero-order valence-corrected chi connectivity index (χ0v) is 12.4. The molecule has 0 radical (unpaired) electrons. The maximum atomic E-state index is 12.4. The molecule has 1 saturated heterocycles. The number of likely N-dealkylation sites (N-methyl/N-ethyl adjacent to an activating group) is 1. The Labute approximate surface area is 117 Å². The largest absolute Gasteiger partial charge is 0.399 e. The quantitative estimate of drug-likeness (QED) is 0.848. The van der Waals surface area contributed by atoms with Crippen LogP contribution in [-0.2, 0) is 15.5 Å². The number of aryl methyl sites for hydroxylation is 1. The fraction of sp³-hybridized carbons (Fsp3) is 0.571. The molecule has 106 valence electrons. The molecule has 1 heterocycles. The van der Waals surface area contributed by atoms with Gasteiger partial charge in [0.1, 0.15) is 0 Å². The summed E-state index contributed by atoms with van der Waals surface area (Å²) in [6.45, 7) is 7.69. The molecule has 0 bridgehead atoms. The van der Waals surface area contributed by atoms with E-state index in [-0.39, 0.29) is 6.10 Å². The van der Waals surface area contributed by atoms with Crippen molar-refractivity contribution in [3.8, 4) is 0 Å². The second-order valence-corrected chi connectivity index (χ2v) is 6.39. The van der Waals surface area contributed by atoms with Gasteiger partial charge in [0.15, 0.2) is 0 Å². The zero-order valence-electron chi connectivity index (χ0n) is 11.6. The molecular formula is C14H22N2O2S. The molecule has 0 saturated carbocycles. The Hall–Kier alpha value is -0.910. The van der Waals surface area contributed by atoms with Gasteiger partial charge in [0.05, 0.1) is 29.3 Å². The van der Waals surface area contributed by atoms with E-state index in [0.717, 1.165) is 36.7 Å². The Balaban J connectivity index is 2.00. The van der Waals surface area contributed by atoms with Crippen molar-refractivity contribution >= 4 is 16.5 Å². The van der Waals surface area contributed by atoms with Crippen molar-refractivity contribution < 1.29 is 8.95 Å². The zero-order chi connectivity index (χ0) is 13.8. The summed E-state index contributed by atoms with van der Waals surface area (Å²) in [5.41, 5.74) is 7.42. The molecule has 0 spiro atoms. The Morgan fingerprint density at radius 3 is 3.00 bits per heavy atom. The van der Waals surface area contributed by atoms with E-state index in [0.29, 0.717) is 11.4 Å². The molecule has 1 fully saturated rings. The minimum Gasteiger partial charge on any atom is -0.399 e. The normalized spacial score (nSPS) is 22.3. The van der Waals surface area contributed by atoms with Crippen molar-refractivity contribution in [2.75, 3.05) is 37.7 Å². The van der Waals surface area contributed by atoms with Crippen LogP contribution in [0.1, 0.15) is 12.5 Å². The first-order valence-corrected chi connectivity index (χ1v) is 8.00. The van der Waals surface area contributed by atoms with Crippen molar-refractivity contribution in [3.63, 3.8) is 0 Å². The van der Waals surface area contributed by atoms with Crippen LogP contribution in [0, 0.1) is 6.92 Å². The van der Waals surface area contributed by atoms with Crippen LogP contribution in [0.5, 0.6) is 0 Å². The van der Waals surface area contributed by atoms with Crippen molar-refractivity contribution in [2.45, 2.75) is 24.8 Å². The Morgan fingerprint density at radius 1 is 1.53 bits per heavy atom. The third-order valence-corrected chi connectivity index (χ3v) is 5.07. The summed E-state index contributed by atoms with van der Waals surface area (Å²) in [5, 5.41) is 0. The molecule has 0 amide bonds. The van der Waals surface area contributed by atoms with Crippen LogP contribution in [0.4, 0.5) is 5.69 Å². The third kappa shape index (κ3) is 3.78.